The average molecular weight is 330 g/mol. The van der Waals surface area contributed by atoms with E-state index in [0.29, 0.717) is 22.0 Å². The second kappa shape index (κ2) is 6.29. The number of nitrogens with one attached hydrogen (secondary N) is 1. The Hall–Kier alpha value is -2.54. The lowest BCUT2D eigenvalue weighted by atomic mass is 10.2. The largest absolute Gasteiger partial charge is 0.303 e. The Balaban J connectivity index is 1.77. The molecule has 0 saturated heterocycles. The highest BCUT2D eigenvalue weighted by molar-refractivity contribution is 7.14. The van der Waals surface area contributed by atoms with Crippen LogP contribution in [0, 0.1) is 19.7 Å². The minimum atomic E-state index is -0.290. The highest BCUT2D eigenvalue weighted by atomic mass is 32.1. The summed E-state index contributed by atoms with van der Waals surface area (Å²) in [5.74, 6) is -0.122. The number of carbonyl (C=O) groups is 1. The third-order valence-electron chi connectivity index (χ3n) is 3.46. The van der Waals surface area contributed by atoms with Crippen molar-refractivity contribution in [2.24, 2.45) is 0 Å². The van der Waals surface area contributed by atoms with E-state index in [0.717, 1.165) is 4.88 Å². The maximum absolute atomic E-state index is 13.7. The standard InChI is InChI=1S/C16H15FN4OS/c1-10-7-8-14(23-10)16(22)18-15-11(2)21(20-19-15)9-12-5-3-4-6-13(12)17/h3-8H,9H2,1-2H3,(H,18,22). The molecule has 2 heterocycles. The number of nitrogens with zero attached hydrogens (tertiary/aromatic N) is 3. The molecule has 0 unspecified atom stereocenters. The molecule has 7 heteroatoms. The first-order chi connectivity index (χ1) is 11.0. The fourth-order valence-electron chi connectivity index (χ4n) is 2.14. The van der Waals surface area contributed by atoms with Gasteiger partial charge in [-0.05, 0) is 32.0 Å². The Morgan fingerprint density at radius 3 is 2.74 bits per heavy atom. The highest BCUT2D eigenvalue weighted by Crippen LogP contribution is 2.18. The van der Waals surface area contributed by atoms with E-state index in [2.05, 4.69) is 15.6 Å². The molecule has 23 heavy (non-hydrogen) atoms. The Morgan fingerprint density at radius 2 is 2.04 bits per heavy atom. The van der Waals surface area contributed by atoms with Gasteiger partial charge in [0.15, 0.2) is 5.82 Å². The highest BCUT2D eigenvalue weighted by Gasteiger charge is 2.15. The number of hydrogen-bond acceptors (Lipinski definition) is 4. The van der Waals surface area contributed by atoms with Crippen LogP contribution in [0.2, 0.25) is 0 Å². The fourth-order valence-corrected chi connectivity index (χ4v) is 2.90. The van der Waals surface area contributed by atoms with Gasteiger partial charge in [-0.1, -0.05) is 23.4 Å². The summed E-state index contributed by atoms with van der Waals surface area (Å²) in [7, 11) is 0. The quantitative estimate of drug-likeness (QED) is 0.797. The zero-order valence-electron chi connectivity index (χ0n) is 12.7. The van der Waals surface area contributed by atoms with Gasteiger partial charge in [0.05, 0.1) is 17.1 Å². The summed E-state index contributed by atoms with van der Waals surface area (Å²) in [6.07, 6.45) is 0. The number of hydrogen-bond donors (Lipinski definition) is 1. The van der Waals surface area contributed by atoms with Crippen LogP contribution in [0.25, 0.3) is 0 Å². The number of aryl methyl sites for hydroxylation is 1. The molecule has 118 valence electrons. The first kappa shape index (κ1) is 15.4. The van der Waals surface area contributed by atoms with Crippen LogP contribution in [-0.2, 0) is 6.54 Å². The van der Waals surface area contributed by atoms with Crippen molar-refractivity contribution in [3.05, 3.63) is 63.2 Å². The van der Waals surface area contributed by atoms with E-state index in [1.54, 1.807) is 35.9 Å². The van der Waals surface area contributed by atoms with Crippen molar-refractivity contribution in [1.29, 1.82) is 0 Å². The minimum absolute atomic E-state index is 0.218. The van der Waals surface area contributed by atoms with Crippen molar-refractivity contribution in [2.45, 2.75) is 20.4 Å². The van der Waals surface area contributed by atoms with Crippen molar-refractivity contribution in [3.8, 4) is 0 Å². The number of halogens is 1. The Labute approximate surface area is 136 Å². The summed E-state index contributed by atoms with van der Waals surface area (Å²) in [5.41, 5.74) is 1.20. The SMILES string of the molecule is Cc1ccc(C(=O)Nc2nnn(Cc3ccccc3F)c2C)s1. The first-order valence-electron chi connectivity index (χ1n) is 7.06. The Kier molecular flexibility index (Phi) is 4.20. The van der Waals surface area contributed by atoms with E-state index >= 15 is 0 Å². The van der Waals surface area contributed by atoms with Gasteiger partial charge in [-0.3, -0.25) is 4.79 Å². The molecular formula is C16H15FN4OS. The van der Waals surface area contributed by atoms with Crippen molar-refractivity contribution in [3.63, 3.8) is 0 Å². The lowest BCUT2D eigenvalue weighted by molar-refractivity contribution is 0.103. The van der Waals surface area contributed by atoms with Crippen LogP contribution in [0.15, 0.2) is 36.4 Å². The molecular weight excluding hydrogens is 315 g/mol. The van der Waals surface area contributed by atoms with Crippen molar-refractivity contribution in [1.82, 2.24) is 15.0 Å². The summed E-state index contributed by atoms with van der Waals surface area (Å²) < 4.78 is 15.3. The van der Waals surface area contributed by atoms with Gasteiger partial charge in [0.2, 0.25) is 0 Å². The zero-order chi connectivity index (χ0) is 16.4. The van der Waals surface area contributed by atoms with Gasteiger partial charge < -0.3 is 5.32 Å². The van der Waals surface area contributed by atoms with Crippen LogP contribution in [0.4, 0.5) is 10.2 Å². The number of anilines is 1. The van der Waals surface area contributed by atoms with E-state index in [1.807, 2.05) is 13.0 Å². The predicted molar refractivity (Wildman–Crippen MR) is 87.3 cm³/mol. The van der Waals surface area contributed by atoms with E-state index < -0.39 is 0 Å². The molecule has 0 aliphatic rings. The third-order valence-corrected chi connectivity index (χ3v) is 4.46. The van der Waals surface area contributed by atoms with Crippen molar-refractivity contribution in [2.75, 3.05) is 5.32 Å². The van der Waals surface area contributed by atoms with Crippen LogP contribution in [0.3, 0.4) is 0 Å². The summed E-state index contributed by atoms with van der Waals surface area (Å²) in [4.78, 5) is 13.8. The Morgan fingerprint density at radius 1 is 1.26 bits per heavy atom. The van der Waals surface area contributed by atoms with Crippen LogP contribution in [0.5, 0.6) is 0 Å². The molecule has 5 nitrogen and oxygen atoms in total. The van der Waals surface area contributed by atoms with Gasteiger partial charge >= 0.3 is 0 Å². The van der Waals surface area contributed by atoms with Crippen LogP contribution in [-0.4, -0.2) is 20.9 Å². The maximum atomic E-state index is 13.7. The normalized spacial score (nSPS) is 10.7. The van der Waals surface area contributed by atoms with E-state index in [-0.39, 0.29) is 18.3 Å². The van der Waals surface area contributed by atoms with Crippen LogP contribution >= 0.6 is 11.3 Å². The maximum Gasteiger partial charge on any atom is 0.266 e. The van der Waals surface area contributed by atoms with Gasteiger partial charge in [0, 0.05) is 10.4 Å². The van der Waals surface area contributed by atoms with Crippen molar-refractivity contribution < 1.29 is 9.18 Å². The summed E-state index contributed by atoms with van der Waals surface area (Å²) >= 11 is 1.42. The van der Waals surface area contributed by atoms with E-state index in [4.69, 9.17) is 0 Å². The van der Waals surface area contributed by atoms with E-state index in [1.165, 1.54) is 17.4 Å². The molecule has 0 aliphatic heterocycles. The lowest BCUT2D eigenvalue weighted by Gasteiger charge is -2.05. The molecule has 0 saturated carbocycles. The second-order valence-electron chi connectivity index (χ2n) is 5.14. The monoisotopic (exact) mass is 330 g/mol. The molecule has 0 spiro atoms. The molecule has 0 radical (unpaired) electrons. The van der Waals surface area contributed by atoms with Crippen LogP contribution in [0.1, 0.15) is 25.8 Å². The van der Waals surface area contributed by atoms with Crippen molar-refractivity contribution >= 4 is 23.1 Å². The van der Waals surface area contributed by atoms with Gasteiger partial charge in [-0.15, -0.1) is 16.4 Å². The average Bonchev–Trinajstić information content (AvgIpc) is 3.10. The number of benzene rings is 1. The minimum Gasteiger partial charge on any atom is -0.303 e. The number of aromatic nitrogens is 3. The molecule has 3 rings (SSSR count). The smallest absolute Gasteiger partial charge is 0.266 e. The van der Waals surface area contributed by atoms with Gasteiger partial charge in [-0.2, -0.15) is 0 Å². The molecule has 2 aromatic heterocycles. The molecule has 1 amide bonds. The van der Waals surface area contributed by atoms with Gasteiger partial charge in [-0.25, -0.2) is 9.07 Å². The fraction of sp³-hybridized carbons (Fsp3) is 0.188. The van der Waals surface area contributed by atoms with Crippen LogP contribution < -0.4 is 5.32 Å². The number of rotatable bonds is 4. The number of thiophene rings is 1. The second-order valence-corrected chi connectivity index (χ2v) is 6.42. The summed E-state index contributed by atoms with van der Waals surface area (Å²) in [6, 6.07) is 10.2. The molecule has 1 N–H and O–H groups in total. The predicted octanol–water partition coefficient (Wildman–Crippen LogP) is 3.40. The molecule has 3 aromatic rings. The Bertz CT molecular complexity index is 855. The number of amides is 1. The van der Waals surface area contributed by atoms with Gasteiger partial charge in [0.25, 0.3) is 5.91 Å². The third kappa shape index (κ3) is 3.29. The summed E-state index contributed by atoms with van der Waals surface area (Å²) in [5, 5.41) is 10.7. The van der Waals surface area contributed by atoms with E-state index in [9.17, 15) is 9.18 Å². The topological polar surface area (TPSA) is 59.8 Å². The molecule has 0 aliphatic carbocycles. The number of carbonyl (C=O) groups excluding carboxylic acids is 1. The lowest BCUT2D eigenvalue weighted by Crippen LogP contribution is -2.12. The first-order valence-corrected chi connectivity index (χ1v) is 7.87. The van der Waals surface area contributed by atoms with Gasteiger partial charge in [0.1, 0.15) is 5.82 Å². The molecule has 0 fully saturated rings. The molecule has 0 bridgehead atoms. The molecule has 0 atom stereocenters. The summed E-state index contributed by atoms with van der Waals surface area (Å²) in [6.45, 7) is 3.99. The molecule has 1 aromatic carbocycles. The zero-order valence-corrected chi connectivity index (χ0v) is 13.5.